The first-order chi connectivity index (χ1) is 7.58. The van der Waals surface area contributed by atoms with Crippen molar-refractivity contribution in [2.24, 2.45) is 16.7 Å². The molecule has 102 valence electrons. The predicted molar refractivity (Wildman–Crippen MR) is 77.0 cm³/mol. The molecule has 2 unspecified atom stereocenters. The second kappa shape index (κ2) is 4.91. The Balaban J connectivity index is 2.59. The lowest BCUT2D eigenvalue weighted by molar-refractivity contribution is -0.875. The summed E-state index contributed by atoms with van der Waals surface area (Å²) in [5.41, 5.74) is 1.19. The molecule has 1 saturated carbocycles. The number of rotatable bonds is 6. The molecule has 1 aliphatic rings. The molecule has 1 nitrogen and oxygen atoms in total. The summed E-state index contributed by atoms with van der Waals surface area (Å²) >= 11 is 0. The van der Waals surface area contributed by atoms with E-state index in [0.717, 1.165) is 10.4 Å². The molecule has 1 fully saturated rings. The molecule has 0 amide bonds. The van der Waals surface area contributed by atoms with E-state index in [0.29, 0.717) is 10.8 Å². The van der Waals surface area contributed by atoms with E-state index in [1.807, 2.05) is 0 Å². The first-order valence-corrected chi connectivity index (χ1v) is 7.38. The molecule has 0 aromatic rings. The highest BCUT2D eigenvalue weighted by molar-refractivity contribution is 5.03. The van der Waals surface area contributed by atoms with Crippen molar-refractivity contribution in [1.29, 1.82) is 0 Å². The minimum Gasteiger partial charge on any atom is -0.330 e. The van der Waals surface area contributed by atoms with Crippen molar-refractivity contribution in [3.63, 3.8) is 0 Å². The molecule has 1 aliphatic carbocycles. The third-order valence-corrected chi connectivity index (χ3v) is 4.04. The van der Waals surface area contributed by atoms with Gasteiger partial charge in [0.25, 0.3) is 0 Å². The molecule has 0 aromatic carbocycles. The van der Waals surface area contributed by atoms with Crippen LogP contribution in [-0.2, 0) is 0 Å². The highest BCUT2D eigenvalue weighted by Gasteiger charge is 2.56. The Kier molecular flexibility index (Phi) is 4.34. The molecule has 2 atom stereocenters. The van der Waals surface area contributed by atoms with Crippen LogP contribution in [0.3, 0.4) is 0 Å². The normalized spacial score (nSPS) is 29.5. The molecule has 0 aliphatic heterocycles. The van der Waals surface area contributed by atoms with Crippen LogP contribution in [-0.4, -0.2) is 32.2 Å². The topological polar surface area (TPSA) is 0 Å². The van der Waals surface area contributed by atoms with E-state index in [1.165, 1.54) is 38.6 Å². The second-order valence-electron chi connectivity index (χ2n) is 8.58. The van der Waals surface area contributed by atoms with Gasteiger partial charge >= 0.3 is 0 Å². The van der Waals surface area contributed by atoms with Gasteiger partial charge in [-0.3, -0.25) is 0 Å². The van der Waals surface area contributed by atoms with Gasteiger partial charge in [-0.25, -0.2) is 0 Å². The van der Waals surface area contributed by atoms with Gasteiger partial charge in [-0.15, -0.1) is 0 Å². The van der Waals surface area contributed by atoms with Crippen molar-refractivity contribution >= 4 is 0 Å². The monoisotopic (exact) mass is 240 g/mol. The van der Waals surface area contributed by atoms with Gasteiger partial charge in [-0.05, 0) is 30.6 Å². The highest BCUT2D eigenvalue weighted by Crippen LogP contribution is 2.60. The average Bonchev–Trinajstić information content (AvgIpc) is 2.69. The predicted octanol–water partition coefficient (Wildman–Crippen LogP) is 4.33. The van der Waals surface area contributed by atoms with Gasteiger partial charge in [0.15, 0.2) is 0 Å². The Morgan fingerprint density at radius 1 is 1.18 bits per heavy atom. The summed E-state index contributed by atoms with van der Waals surface area (Å²) in [7, 11) is 7.04. The van der Waals surface area contributed by atoms with Crippen molar-refractivity contribution in [3.8, 4) is 0 Å². The molecule has 0 saturated heterocycles. The van der Waals surface area contributed by atoms with Crippen molar-refractivity contribution < 1.29 is 4.48 Å². The minimum atomic E-state index is 0.503. The maximum absolute atomic E-state index is 2.39. The van der Waals surface area contributed by atoms with Gasteiger partial charge in [0.05, 0.1) is 27.7 Å². The third-order valence-electron chi connectivity index (χ3n) is 4.04. The standard InChI is InChI=1S/C16H34N/c1-8-9-10-16(13-17(5,6)7)12-14(16)11-15(2,3)4/h14H,8-13H2,1-7H3/q+1. The molecule has 0 N–H and O–H groups in total. The maximum Gasteiger partial charge on any atom is 0.0840 e. The number of unbranched alkanes of at least 4 members (excludes halogenated alkanes) is 1. The summed E-state index contributed by atoms with van der Waals surface area (Å²) in [5, 5.41) is 0. The minimum absolute atomic E-state index is 0.503. The van der Waals surface area contributed by atoms with E-state index in [4.69, 9.17) is 0 Å². The average molecular weight is 240 g/mol. The van der Waals surface area contributed by atoms with Crippen LogP contribution in [0.4, 0.5) is 0 Å². The van der Waals surface area contributed by atoms with E-state index >= 15 is 0 Å². The van der Waals surface area contributed by atoms with Gasteiger partial charge in [0.1, 0.15) is 0 Å². The van der Waals surface area contributed by atoms with Crippen molar-refractivity contribution in [2.45, 2.75) is 59.8 Å². The van der Waals surface area contributed by atoms with Crippen LogP contribution in [0.5, 0.6) is 0 Å². The highest BCUT2D eigenvalue weighted by atomic mass is 15.3. The summed E-state index contributed by atoms with van der Waals surface area (Å²) in [5.74, 6) is 0.992. The Bertz CT molecular complexity index is 243. The Morgan fingerprint density at radius 3 is 2.18 bits per heavy atom. The summed E-state index contributed by atoms with van der Waals surface area (Å²) in [6, 6.07) is 0. The fourth-order valence-electron chi connectivity index (χ4n) is 3.51. The summed E-state index contributed by atoms with van der Waals surface area (Å²) in [6.07, 6.45) is 7.12. The lowest BCUT2D eigenvalue weighted by Crippen LogP contribution is -2.40. The van der Waals surface area contributed by atoms with E-state index < -0.39 is 0 Å². The zero-order chi connectivity index (χ0) is 13.3. The lowest BCUT2D eigenvalue weighted by atomic mass is 9.85. The molecule has 0 bridgehead atoms. The van der Waals surface area contributed by atoms with Crippen LogP contribution >= 0.6 is 0 Å². The molecule has 0 spiro atoms. The van der Waals surface area contributed by atoms with Gasteiger partial charge in [-0.1, -0.05) is 40.5 Å². The molecule has 0 heterocycles. The smallest absolute Gasteiger partial charge is 0.0840 e. The fraction of sp³-hybridized carbons (Fsp3) is 1.00. The lowest BCUT2D eigenvalue weighted by Gasteiger charge is -2.31. The van der Waals surface area contributed by atoms with Crippen molar-refractivity contribution in [2.75, 3.05) is 27.7 Å². The zero-order valence-corrected chi connectivity index (χ0v) is 13.3. The van der Waals surface area contributed by atoms with Crippen LogP contribution in [0.15, 0.2) is 0 Å². The summed E-state index contributed by atoms with van der Waals surface area (Å²) in [6.45, 7) is 10.9. The van der Waals surface area contributed by atoms with Crippen LogP contribution in [0.25, 0.3) is 0 Å². The summed E-state index contributed by atoms with van der Waals surface area (Å²) < 4.78 is 1.13. The molecular formula is C16H34N+. The van der Waals surface area contributed by atoms with Gasteiger partial charge in [0, 0.05) is 5.41 Å². The largest absolute Gasteiger partial charge is 0.330 e. The Morgan fingerprint density at radius 2 is 1.76 bits per heavy atom. The first-order valence-electron chi connectivity index (χ1n) is 7.38. The van der Waals surface area contributed by atoms with Crippen LogP contribution in [0.1, 0.15) is 59.8 Å². The zero-order valence-electron chi connectivity index (χ0n) is 13.3. The number of nitrogens with zero attached hydrogens (tertiary/aromatic N) is 1. The molecule has 17 heavy (non-hydrogen) atoms. The van der Waals surface area contributed by atoms with Gasteiger partial charge < -0.3 is 4.48 Å². The molecular weight excluding hydrogens is 206 g/mol. The number of hydrogen-bond donors (Lipinski definition) is 0. The summed E-state index contributed by atoms with van der Waals surface area (Å²) in [4.78, 5) is 0. The Hall–Kier alpha value is -0.0400. The second-order valence-corrected chi connectivity index (χ2v) is 8.58. The van der Waals surface area contributed by atoms with Crippen molar-refractivity contribution in [1.82, 2.24) is 0 Å². The Labute approximate surface area is 109 Å². The molecule has 0 aromatic heterocycles. The quantitative estimate of drug-likeness (QED) is 0.606. The van der Waals surface area contributed by atoms with E-state index in [2.05, 4.69) is 48.8 Å². The third kappa shape index (κ3) is 4.99. The number of quaternary nitrogens is 1. The molecule has 1 rings (SSSR count). The van der Waals surface area contributed by atoms with Crippen LogP contribution in [0.2, 0.25) is 0 Å². The van der Waals surface area contributed by atoms with E-state index in [9.17, 15) is 0 Å². The molecule has 0 radical (unpaired) electrons. The number of hydrogen-bond acceptors (Lipinski definition) is 0. The van der Waals surface area contributed by atoms with Crippen molar-refractivity contribution in [3.05, 3.63) is 0 Å². The molecule has 1 heteroatoms. The van der Waals surface area contributed by atoms with E-state index in [-0.39, 0.29) is 0 Å². The van der Waals surface area contributed by atoms with Gasteiger partial charge in [0.2, 0.25) is 0 Å². The van der Waals surface area contributed by atoms with Gasteiger partial charge in [-0.2, -0.15) is 0 Å². The first kappa shape index (κ1) is 15.0. The fourth-order valence-corrected chi connectivity index (χ4v) is 3.51. The van der Waals surface area contributed by atoms with Crippen LogP contribution in [0, 0.1) is 16.7 Å². The van der Waals surface area contributed by atoms with E-state index in [1.54, 1.807) is 0 Å². The maximum atomic E-state index is 2.39. The SMILES string of the molecule is CCCCC1(C[N+](C)(C)C)CC1CC(C)(C)C. The van der Waals surface area contributed by atoms with Crippen LogP contribution < -0.4 is 0 Å².